The summed E-state index contributed by atoms with van der Waals surface area (Å²) in [6.45, 7) is 5.09. The minimum atomic E-state index is -0.249. The number of amides is 1. The molecule has 1 aliphatic rings. The van der Waals surface area contributed by atoms with Gasteiger partial charge in [-0.1, -0.05) is 32.0 Å². The van der Waals surface area contributed by atoms with Crippen LogP contribution in [0.15, 0.2) is 42.6 Å². The van der Waals surface area contributed by atoms with Crippen LogP contribution in [0.1, 0.15) is 41.5 Å². The van der Waals surface area contributed by atoms with Gasteiger partial charge in [-0.05, 0) is 36.1 Å². The van der Waals surface area contributed by atoms with Gasteiger partial charge in [0.25, 0.3) is 5.91 Å². The fraction of sp³-hybridized carbons (Fsp3) is 0.364. The Morgan fingerprint density at radius 1 is 1.24 bits per heavy atom. The van der Waals surface area contributed by atoms with Gasteiger partial charge in [0, 0.05) is 23.2 Å². The van der Waals surface area contributed by atoms with Crippen molar-refractivity contribution in [3.63, 3.8) is 0 Å². The van der Waals surface area contributed by atoms with E-state index >= 15 is 0 Å². The average Bonchev–Trinajstić information content (AvgIpc) is 3.14. The fourth-order valence-corrected chi connectivity index (χ4v) is 3.71. The number of fused-ring (bicyclic) bond motifs is 1. The third kappa shape index (κ3) is 4.19. The van der Waals surface area contributed by atoms with Crippen molar-refractivity contribution in [2.75, 3.05) is 18.9 Å². The molecule has 3 heterocycles. The van der Waals surface area contributed by atoms with Crippen LogP contribution in [0.4, 0.5) is 5.95 Å². The van der Waals surface area contributed by atoms with Gasteiger partial charge in [0.1, 0.15) is 5.69 Å². The van der Waals surface area contributed by atoms with Gasteiger partial charge in [-0.3, -0.25) is 9.78 Å². The molecule has 0 spiro atoms. The number of para-hydroxylation sites is 1. The molecule has 150 valence electrons. The van der Waals surface area contributed by atoms with Crippen molar-refractivity contribution < 1.29 is 9.53 Å². The van der Waals surface area contributed by atoms with E-state index in [2.05, 4.69) is 26.3 Å². The van der Waals surface area contributed by atoms with Gasteiger partial charge in [-0.2, -0.15) is 0 Å². The van der Waals surface area contributed by atoms with Crippen molar-refractivity contribution in [2.24, 2.45) is 5.92 Å². The highest BCUT2D eigenvalue weighted by atomic mass is 16.5. The molecule has 0 unspecified atom stereocenters. The van der Waals surface area contributed by atoms with Crippen LogP contribution in [0.2, 0.25) is 0 Å². The summed E-state index contributed by atoms with van der Waals surface area (Å²) < 4.78 is 5.69. The minimum Gasteiger partial charge on any atom is -0.379 e. The molecule has 1 amide bonds. The van der Waals surface area contributed by atoms with Gasteiger partial charge >= 0.3 is 0 Å². The first-order chi connectivity index (χ1) is 14.0. The smallest absolute Gasteiger partial charge is 0.270 e. The lowest BCUT2D eigenvalue weighted by Crippen LogP contribution is -2.41. The fourth-order valence-electron chi connectivity index (χ4n) is 3.71. The molecule has 0 bridgehead atoms. The standard InChI is InChI=1S/C22H25N5O2/c1-13(2)18-10-19(27-22(23)26-18)21(28)25-20-12-29-11-15(20)9-14-7-8-24-17-6-4-3-5-16(14)17/h3-8,10,13,15,20H,9,11-12H2,1-2H3,(H,25,28)(H2,23,26,27)/t15-,20-/m1/s1. The minimum absolute atomic E-state index is 0.0897. The van der Waals surface area contributed by atoms with E-state index in [4.69, 9.17) is 10.5 Å². The lowest BCUT2D eigenvalue weighted by molar-refractivity contribution is 0.0920. The Morgan fingerprint density at radius 3 is 2.90 bits per heavy atom. The number of ether oxygens (including phenoxy) is 1. The molecular formula is C22H25N5O2. The van der Waals surface area contributed by atoms with Gasteiger partial charge in [0.05, 0.1) is 24.8 Å². The lowest BCUT2D eigenvalue weighted by atomic mass is 9.93. The van der Waals surface area contributed by atoms with Gasteiger partial charge in [0.15, 0.2) is 0 Å². The molecule has 7 nitrogen and oxygen atoms in total. The largest absolute Gasteiger partial charge is 0.379 e. The van der Waals surface area contributed by atoms with Crippen molar-refractivity contribution in [2.45, 2.75) is 32.2 Å². The third-order valence-electron chi connectivity index (χ3n) is 5.32. The Hall–Kier alpha value is -3.06. The maximum Gasteiger partial charge on any atom is 0.270 e. The first-order valence-corrected chi connectivity index (χ1v) is 9.87. The van der Waals surface area contributed by atoms with Crippen LogP contribution < -0.4 is 11.1 Å². The number of pyridine rings is 1. The van der Waals surface area contributed by atoms with Crippen LogP contribution in [0.5, 0.6) is 0 Å². The van der Waals surface area contributed by atoms with Crippen LogP contribution in [-0.2, 0) is 11.2 Å². The molecule has 0 aliphatic carbocycles. The van der Waals surface area contributed by atoms with Crippen LogP contribution in [0.25, 0.3) is 10.9 Å². The predicted molar refractivity (Wildman–Crippen MR) is 112 cm³/mol. The second-order valence-electron chi connectivity index (χ2n) is 7.76. The summed E-state index contributed by atoms with van der Waals surface area (Å²) in [5, 5.41) is 4.22. The molecule has 2 atom stereocenters. The highest BCUT2D eigenvalue weighted by Gasteiger charge is 2.31. The molecule has 2 aromatic heterocycles. The van der Waals surface area contributed by atoms with Crippen molar-refractivity contribution in [3.8, 4) is 0 Å². The van der Waals surface area contributed by atoms with Gasteiger partial charge in [-0.15, -0.1) is 0 Å². The van der Waals surface area contributed by atoms with E-state index < -0.39 is 0 Å². The summed E-state index contributed by atoms with van der Waals surface area (Å²) >= 11 is 0. The van der Waals surface area contributed by atoms with Gasteiger partial charge < -0.3 is 15.8 Å². The molecule has 3 N–H and O–H groups in total. The molecule has 29 heavy (non-hydrogen) atoms. The maximum atomic E-state index is 12.8. The zero-order valence-electron chi connectivity index (χ0n) is 16.6. The van der Waals surface area contributed by atoms with Crippen molar-refractivity contribution in [3.05, 3.63) is 59.5 Å². The Labute approximate surface area is 169 Å². The summed E-state index contributed by atoms with van der Waals surface area (Å²) in [6.07, 6.45) is 2.63. The van der Waals surface area contributed by atoms with Crippen LogP contribution >= 0.6 is 0 Å². The Balaban J connectivity index is 1.51. The number of anilines is 1. The number of carbonyl (C=O) groups is 1. The highest BCUT2D eigenvalue weighted by Crippen LogP contribution is 2.24. The first kappa shape index (κ1) is 19.3. The Bertz CT molecular complexity index is 1030. The monoisotopic (exact) mass is 391 g/mol. The van der Waals surface area contributed by atoms with Crippen LogP contribution in [0, 0.1) is 5.92 Å². The zero-order valence-corrected chi connectivity index (χ0v) is 16.6. The molecule has 1 saturated heterocycles. The molecule has 3 aromatic rings. The van der Waals surface area contributed by atoms with Gasteiger partial charge in [-0.25, -0.2) is 9.97 Å². The summed E-state index contributed by atoms with van der Waals surface area (Å²) in [6, 6.07) is 11.8. The quantitative estimate of drug-likeness (QED) is 0.693. The number of nitrogens with zero attached hydrogens (tertiary/aromatic N) is 3. The Morgan fingerprint density at radius 2 is 2.07 bits per heavy atom. The number of nitrogens with one attached hydrogen (secondary N) is 1. The zero-order chi connectivity index (χ0) is 20.4. The molecule has 0 saturated carbocycles. The summed E-state index contributed by atoms with van der Waals surface area (Å²) in [7, 11) is 0. The first-order valence-electron chi connectivity index (χ1n) is 9.87. The van der Waals surface area contributed by atoms with E-state index in [-0.39, 0.29) is 29.7 Å². The molecule has 4 rings (SSSR count). The third-order valence-corrected chi connectivity index (χ3v) is 5.32. The molecule has 7 heteroatoms. The Kier molecular flexibility index (Phi) is 5.40. The van der Waals surface area contributed by atoms with E-state index in [1.54, 1.807) is 6.07 Å². The van der Waals surface area contributed by atoms with Crippen LogP contribution in [-0.4, -0.2) is 40.1 Å². The molecule has 1 aromatic carbocycles. The molecule has 0 radical (unpaired) electrons. The van der Waals surface area contributed by atoms with E-state index in [9.17, 15) is 4.79 Å². The number of nitrogen functional groups attached to an aromatic ring is 1. The second-order valence-corrected chi connectivity index (χ2v) is 7.76. The van der Waals surface area contributed by atoms with Crippen molar-refractivity contribution >= 4 is 22.8 Å². The average molecular weight is 391 g/mol. The van der Waals surface area contributed by atoms with E-state index in [1.807, 2.05) is 44.3 Å². The van der Waals surface area contributed by atoms with Crippen LogP contribution in [0.3, 0.4) is 0 Å². The molecule has 1 fully saturated rings. The maximum absolute atomic E-state index is 12.8. The topological polar surface area (TPSA) is 103 Å². The predicted octanol–water partition coefficient (Wildman–Crippen LogP) is 2.72. The summed E-state index contributed by atoms with van der Waals surface area (Å²) in [5.74, 6) is 0.202. The lowest BCUT2D eigenvalue weighted by Gasteiger charge is -2.20. The van der Waals surface area contributed by atoms with Gasteiger partial charge in [0.2, 0.25) is 5.95 Å². The van der Waals surface area contributed by atoms with E-state index in [0.717, 1.165) is 23.0 Å². The number of rotatable bonds is 5. The number of hydrogen-bond acceptors (Lipinski definition) is 6. The number of aromatic nitrogens is 3. The number of nitrogens with two attached hydrogens (primary N) is 1. The van der Waals surface area contributed by atoms with E-state index in [1.165, 1.54) is 5.56 Å². The van der Waals surface area contributed by atoms with Crippen molar-refractivity contribution in [1.82, 2.24) is 20.3 Å². The SMILES string of the molecule is CC(C)c1cc(C(=O)N[C@@H]2COC[C@H]2Cc2ccnc3ccccc23)nc(N)n1. The normalized spacial score (nSPS) is 19.0. The summed E-state index contributed by atoms with van der Waals surface area (Å²) in [4.78, 5) is 25.6. The summed E-state index contributed by atoms with van der Waals surface area (Å²) in [5.41, 5.74) is 9.02. The number of benzene rings is 1. The van der Waals surface area contributed by atoms with Crippen molar-refractivity contribution in [1.29, 1.82) is 0 Å². The highest BCUT2D eigenvalue weighted by molar-refractivity contribution is 5.93. The molecule has 1 aliphatic heterocycles. The number of hydrogen-bond donors (Lipinski definition) is 2. The number of carbonyl (C=O) groups excluding carboxylic acids is 1. The second kappa shape index (κ2) is 8.13. The molecular weight excluding hydrogens is 366 g/mol. The van der Waals surface area contributed by atoms with E-state index in [0.29, 0.717) is 18.9 Å².